The molecule has 3 heteroatoms. The molecule has 0 aliphatic carbocycles. The zero-order valence-corrected chi connectivity index (χ0v) is 32.6. The van der Waals surface area contributed by atoms with Crippen molar-refractivity contribution in [2.75, 3.05) is 4.90 Å². The summed E-state index contributed by atoms with van der Waals surface area (Å²) in [7, 11) is 0. The van der Waals surface area contributed by atoms with E-state index in [1.165, 1.54) is 84.9 Å². The maximum Gasteiger partial charge on any atom is 0.0468 e. The Morgan fingerprint density at radius 3 is 1.47 bits per heavy atom. The second kappa shape index (κ2) is 14.1. The van der Waals surface area contributed by atoms with Crippen LogP contribution in [0.2, 0.25) is 0 Å². The minimum absolute atomic E-state index is 1.10. The Balaban J connectivity index is 1.11. The number of fused-ring (bicyclic) bond motifs is 6. The molecule has 0 radical (unpaired) electrons. The highest BCUT2D eigenvalue weighted by Crippen LogP contribution is 2.47. The average molecular weight is 762 g/mol. The second-order valence-electron chi connectivity index (χ2n) is 14.4. The number of nitrogens with zero attached hydrogens (tertiary/aromatic N) is 1. The second-order valence-corrected chi connectivity index (χ2v) is 16.6. The number of thiophene rings is 2. The molecule has 0 aliphatic rings. The topological polar surface area (TPSA) is 3.24 Å². The van der Waals surface area contributed by atoms with Gasteiger partial charge in [0.15, 0.2) is 0 Å². The first-order chi connectivity index (χ1) is 28.3. The third-order valence-corrected chi connectivity index (χ3v) is 13.5. The maximum absolute atomic E-state index is 2.43. The number of hydrogen-bond acceptors (Lipinski definition) is 3. The molecule has 0 fully saturated rings. The predicted octanol–water partition coefficient (Wildman–Crippen LogP) is 16.6. The van der Waals surface area contributed by atoms with E-state index in [0.717, 1.165) is 17.1 Å². The molecule has 0 saturated carbocycles. The lowest BCUT2D eigenvalue weighted by Gasteiger charge is -2.27. The molecule has 0 spiro atoms. The van der Waals surface area contributed by atoms with Crippen LogP contribution < -0.4 is 4.90 Å². The van der Waals surface area contributed by atoms with E-state index in [1.54, 1.807) is 0 Å². The Bertz CT molecular complexity index is 3230. The van der Waals surface area contributed by atoms with Gasteiger partial charge in [-0.15, -0.1) is 22.7 Å². The van der Waals surface area contributed by atoms with Crippen LogP contribution in [0.1, 0.15) is 0 Å². The fraction of sp³-hybridized carbons (Fsp3) is 0. The van der Waals surface area contributed by atoms with Crippen molar-refractivity contribution >= 4 is 80.1 Å². The first-order valence-corrected chi connectivity index (χ1v) is 21.0. The summed E-state index contributed by atoms with van der Waals surface area (Å²) in [5, 5.41) is 5.20. The van der Waals surface area contributed by atoms with Crippen LogP contribution in [0, 0.1) is 0 Å². The van der Waals surface area contributed by atoms with Crippen LogP contribution >= 0.6 is 22.7 Å². The number of rotatable bonds is 7. The summed E-state index contributed by atoms with van der Waals surface area (Å²) in [5.41, 5.74) is 13.1. The van der Waals surface area contributed by atoms with E-state index in [2.05, 4.69) is 217 Å². The molecule has 57 heavy (non-hydrogen) atoms. The van der Waals surface area contributed by atoms with Gasteiger partial charge in [0, 0.05) is 63.0 Å². The normalized spacial score (nSPS) is 11.5. The molecule has 9 aromatic carbocycles. The minimum atomic E-state index is 1.10. The van der Waals surface area contributed by atoms with Gasteiger partial charge in [-0.05, 0) is 93.5 Å². The fourth-order valence-corrected chi connectivity index (χ4v) is 10.7. The van der Waals surface area contributed by atoms with Gasteiger partial charge < -0.3 is 4.90 Å². The van der Waals surface area contributed by atoms with Crippen LogP contribution in [-0.2, 0) is 0 Å². The lowest BCUT2D eigenvalue weighted by molar-refractivity contribution is 1.29. The standard InChI is InChI=1S/C54H35NS2/c1-3-14-36(15-4-1)42-18-7-8-19-43(42)38-26-28-39(29-27-38)55(41-31-33-53-50(35-41)46-21-10-11-24-51(46)56-53)40-30-32-44(49(34-40)37-16-5-2-6-17-37)47-22-13-23-48-45-20-9-12-25-52(45)57-54(47)48/h1-35H. The zero-order valence-electron chi connectivity index (χ0n) is 31.0. The number of benzene rings is 9. The van der Waals surface area contributed by atoms with Gasteiger partial charge in [-0.2, -0.15) is 0 Å². The summed E-state index contributed by atoms with van der Waals surface area (Å²) in [6.45, 7) is 0. The molecule has 2 aromatic heterocycles. The Morgan fingerprint density at radius 2 is 0.754 bits per heavy atom. The Hall–Kier alpha value is -6.78. The third kappa shape index (κ3) is 5.91. The molecule has 0 N–H and O–H groups in total. The van der Waals surface area contributed by atoms with E-state index in [4.69, 9.17) is 0 Å². The number of anilines is 3. The SMILES string of the molecule is c1ccc(-c2ccccc2-c2ccc(N(c3ccc(-c4cccc5c4sc4ccccc45)c(-c4ccccc4)c3)c3ccc4sc5ccccc5c4c3)cc2)cc1. The molecule has 0 saturated heterocycles. The van der Waals surface area contributed by atoms with Crippen molar-refractivity contribution in [2.24, 2.45) is 0 Å². The maximum atomic E-state index is 2.43. The summed E-state index contributed by atoms with van der Waals surface area (Å²) in [5.74, 6) is 0. The lowest BCUT2D eigenvalue weighted by atomic mass is 9.92. The predicted molar refractivity (Wildman–Crippen MR) is 249 cm³/mol. The van der Waals surface area contributed by atoms with E-state index in [9.17, 15) is 0 Å². The molecular weight excluding hydrogens is 727 g/mol. The molecule has 1 nitrogen and oxygen atoms in total. The van der Waals surface area contributed by atoms with Crippen LogP contribution in [0.15, 0.2) is 212 Å². The molecule has 0 bridgehead atoms. The lowest BCUT2D eigenvalue weighted by Crippen LogP contribution is -2.10. The van der Waals surface area contributed by atoms with Gasteiger partial charge in [-0.25, -0.2) is 0 Å². The smallest absolute Gasteiger partial charge is 0.0468 e. The van der Waals surface area contributed by atoms with Gasteiger partial charge >= 0.3 is 0 Å². The monoisotopic (exact) mass is 761 g/mol. The van der Waals surface area contributed by atoms with E-state index < -0.39 is 0 Å². The molecule has 0 amide bonds. The van der Waals surface area contributed by atoms with Gasteiger partial charge in [0.2, 0.25) is 0 Å². The molecule has 0 aliphatic heterocycles. The highest BCUT2D eigenvalue weighted by molar-refractivity contribution is 7.26. The van der Waals surface area contributed by atoms with E-state index in [1.807, 2.05) is 22.7 Å². The van der Waals surface area contributed by atoms with Gasteiger partial charge in [-0.1, -0.05) is 158 Å². The first kappa shape index (κ1) is 33.5. The Kier molecular flexibility index (Phi) is 8.28. The molecule has 0 unspecified atom stereocenters. The van der Waals surface area contributed by atoms with Gasteiger partial charge in [0.05, 0.1) is 0 Å². The van der Waals surface area contributed by atoms with Crippen molar-refractivity contribution in [1.82, 2.24) is 0 Å². The van der Waals surface area contributed by atoms with Crippen molar-refractivity contribution in [3.05, 3.63) is 212 Å². The third-order valence-electron chi connectivity index (χ3n) is 11.1. The molecule has 268 valence electrons. The van der Waals surface area contributed by atoms with E-state index in [-0.39, 0.29) is 0 Å². The molecule has 2 heterocycles. The molecule has 0 atom stereocenters. The summed E-state index contributed by atoms with van der Waals surface area (Å²) in [4.78, 5) is 2.43. The van der Waals surface area contributed by atoms with Crippen molar-refractivity contribution in [1.29, 1.82) is 0 Å². The molecule has 11 rings (SSSR count). The highest BCUT2D eigenvalue weighted by atomic mass is 32.1. The minimum Gasteiger partial charge on any atom is -0.310 e. The largest absolute Gasteiger partial charge is 0.310 e. The zero-order chi connectivity index (χ0) is 37.7. The van der Waals surface area contributed by atoms with Crippen molar-refractivity contribution in [3.63, 3.8) is 0 Å². The quantitative estimate of drug-likeness (QED) is 0.156. The van der Waals surface area contributed by atoms with Crippen molar-refractivity contribution in [3.8, 4) is 44.5 Å². The summed E-state index contributed by atoms with van der Waals surface area (Å²) in [6.07, 6.45) is 0. The van der Waals surface area contributed by atoms with Gasteiger partial charge in [0.1, 0.15) is 0 Å². The average Bonchev–Trinajstić information content (AvgIpc) is 3.86. The van der Waals surface area contributed by atoms with Crippen LogP contribution in [0.3, 0.4) is 0 Å². The summed E-state index contributed by atoms with van der Waals surface area (Å²) < 4.78 is 5.24. The van der Waals surface area contributed by atoms with Crippen molar-refractivity contribution < 1.29 is 0 Å². The Labute approximate surface area is 340 Å². The highest BCUT2D eigenvalue weighted by Gasteiger charge is 2.20. The van der Waals surface area contributed by atoms with Crippen LogP contribution in [0.25, 0.3) is 84.9 Å². The first-order valence-electron chi connectivity index (χ1n) is 19.3. The summed E-state index contributed by atoms with van der Waals surface area (Å²) >= 11 is 3.74. The van der Waals surface area contributed by atoms with Crippen molar-refractivity contribution in [2.45, 2.75) is 0 Å². The van der Waals surface area contributed by atoms with Crippen LogP contribution in [0.4, 0.5) is 17.1 Å². The van der Waals surface area contributed by atoms with Gasteiger partial charge in [-0.3, -0.25) is 0 Å². The number of hydrogen-bond donors (Lipinski definition) is 0. The Morgan fingerprint density at radius 1 is 0.263 bits per heavy atom. The molecular formula is C54H35NS2. The van der Waals surface area contributed by atoms with E-state index in [0.29, 0.717) is 0 Å². The fourth-order valence-electron chi connectivity index (χ4n) is 8.42. The van der Waals surface area contributed by atoms with Crippen LogP contribution in [-0.4, -0.2) is 0 Å². The van der Waals surface area contributed by atoms with Gasteiger partial charge in [0.25, 0.3) is 0 Å². The van der Waals surface area contributed by atoms with E-state index >= 15 is 0 Å². The molecule has 11 aromatic rings. The van der Waals surface area contributed by atoms with Crippen LogP contribution in [0.5, 0.6) is 0 Å². The summed E-state index contributed by atoms with van der Waals surface area (Å²) in [6, 6.07) is 77.6.